The summed E-state index contributed by atoms with van der Waals surface area (Å²) in [7, 11) is 0. The van der Waals surface area contributed by atoms with E-state index in [1.807, 2.05) is 32.0 Å². The van der Waals surface area contributed by atoms with Crippen molar-refractivity contribution in [3.05, 3.63) is 65.0 Å². The lowest BCUT2D eigenvalue weighted by molar-refractivity contribution is -0.118. The topological polar surface area (TPSA) is 58.2 Å². The third kappa shape index (κ3) is 5.43. The van der Waals surface area contributed by atoms with E-state index < -0.39 is 17.8 Å². The Morgan fingerprint density at radius 1 is 0.828 bits per heavy atom. The number of amides is 2. The summed E-state index contributed by atoms with van der Waals surface area (Å²) in [5.41, 5.74) is 2.82. The lowest BCUT2D eigenvalue weighted by Crippen LogP contribution is -2.47. The Balaban J connectivity index is 2.32. The van der Waals surface area contributed by atoms with E-state index in [9.17, 15) is 14.0 Å². The van der Waals surface area contributed by atoms with Gasteiger partial charge in [-0.2, -0.15) is 0 Å². The summed E-state index contributed by atoms with van der Waals surface area (Å²) in [5, 5.41) is 5.75. The number of hydrogen-bond acceptors (Lipinski definition) is 2. The molecule has 0 aliphatic carbocycles. The predicted molar refractivity (Wildman–Crippen MR) is 116 cm³/mol. The maximum absolute atomic E-state index is 14.0. The molecule has 2 N–H and O–H groups in total. The van der Waals surface area contributed by atoms with Crippen LogP contribution in [0.15, 0.2) is 42.5 Å². The summed E-state index contributed by atoms with van der Waals surface area (Å²) in [6, 6.07) is 11.0. The fourth-order valence-electron chi connectivity index (χ4n) is 3.30. The Bertz CT molecular complexity index is 849. The standard InChI is InChI=1S/C24H31FN2O2/c1-14(2)17-11-9-12-18(15(3)4)22(17)27-24(29)21(16(5)6)26-23(28)19-10-7-8-13-20(19)25/h7-16,21H,1-6H3,(H,26,28)(H,27,29)/t21-/m0/s1. The Morgan fingerprint density at radius 2 is 1.38 bits per heavy atom. The second-order valence-corrected chi connectivity index (χ2v) is 8.29. The Hall–Kier alpha value is -2.69. The molecule has 2 amide bonds. The summed E-state index contributed by atoms with van der Waals surface area (Å²) in [6.45, 7) is 12.0. The maximum Gasteiger partial charge on any atom is 0.254 e. The van der Waals surface area contributed by atoms with Gasteiger partial charge in [0.25, 0.3) is 5.91 Å². The molecule has 29 heavy (non-hydrogen) atoms. The minimum Gasteiger partial charge on any atom is -0.340 e. The first-order valence-corrected chi connectivity index (χ1v) is 10.1. The van der Waals surface area contributed by atoms with Crippen LogP contribution in [0.4, 0.5) is 10.1 Å². The van der Waals surface area contributed by atoms with Crippen molar-refractivity contribution in [1.29, 1.82) is 0 Å². The third-order valence-electron chi connectivity index (χ3n) is 4.98. The molecule has 2 aromatic carbocycles. The molecule has 0 aliphatic rings. The molecule has 4 nitrogen and oxygen atoms in total. The van der Waals surface area contributed by atoms with Gasteiger partial charge in [0, 0.05) is 5.69 Å². The fraction of sp³-hybridized carbons (Fsp3) is 0.417. The molecule has 0 saturated heterocycles. The highest BCUT2D eigenvalue weighted by molar-refractivity contribution is 6.02. The molecule has 1 atom stereocenters. The predicted octanol–water partition coefficient (Wildman–Crippen LogP) is 5.47. The van der Waals surface area contributed by atoms with E-state index in [0.29, 0.717) is 0 Å². The van der Waals surface area contributed by atoms with Gasteiger partial charge in [-0.05, 0) is 41.0 Å². The lowest BCUT2D eigenvalue weighted by atomic mass is 9.92. The average molecular weight is 399 g/mol. The van der Waals surface area contributed by atoms with Gasteiger partial charge in [0.1, 0.15) is 11.9 Å². The largest absolute Gasteiger partial charge is 0.340 e. The highest BCUT2D eigenvalue weighted by Crippen LogP contribution is 2.32. The van der Waals surface area contributed by atoms with E-state index in [-0.39, 0.29) is 29.2 Å². The maximum atomic E-state index is 14.0. The highest BCUT2D eigenvalue weighted by Gasteiger charge is 2.27. The zero-order chi connectivity index (χ0) is 21.7. The van der Waals surface area contributed by atoms with Gasteiger partial charge < -0.3 is 10.6 Å². The van der Waals surface area contributed by atoms with Gasteiger partial charge in [-0.1, -0.05) is 71.9 Å². The van der Waals surface area contributed by atoms with Crippen LogP contribution in [0.2, 0.25) is 0 Å². The van der Waals surface area contributed by atoms with Crippen LogP contribution in [0.3, 0.4) is 0 Å². The summed E-state index contributed by atoms with van der Waals surface area (Å²) in [6.07, 6.45) is 0. The van der Waals surface area contributed by atoms with Crippen LogP contribution in [0, 0.1) is 11.7 Å². The second kappa shape index (κ2) is 9.68. The number of hydrogen-bond donors (Lipinski definition) is 2. The van der Waals surface area contributed by atoms with Crippen LogP contribution in [0.1, 0.15) is 74.9 Å². The molecule has 156 valence electrons. The molecule has 0 fully saturated rings. The van der Waals surface area contributed by atoms with Crippen molar-refractivity contribution >= 4 is 17.5 Å². The van der Waals surface area contributed by atoms with Crippen molar-refractivity contribution < 1.29 is 14.0 Å². The minimum absolute atomic E-state index is 0.0728. The van der Waals surface area contributed by atoms with Crippen molar-refractivity contribution in [2.24, 2.45) is 5.92 Å². The number of carbonyl (C=O) groups is 2. The molecule has 2 rings (SSSR count). The molecule has 0 unspecified atom stereocenters. The van der Waals surface area contributed by atoms with Crippen LogP contribution in [-0.2, 0) is 4.79 Å². The quantitative estimate of drug-likeness (QED) is 0.650. The van der Waals surface area contributed by atoms with Crippen LogP contribution >= 0.6 is 0 Å². The van der Waals surface area contributed by atoms with Crippen LogP contribution < -0.4 is 10.6 Å². The number of halogens is 1. The SMILES string of the molecule is CC(C)c1cccc(C(C)C)c1NC(=O)[C@@H](NC(=O)c1ccccc1F)C(C)C. The van der Waals surface area contributed by atoms with Gasteiger partial charge in [-0.25, -0.2) is 4.39 Å². The smallest absolute Gasteiger partial charge is 0.254 e. The average Bonchev–Trinajstić information content (AvgIpc) is 2.65. The van der Waals surface area contributed by atoms with Crippen molar-refractivity contribution in [3.8, 4) is 0 Å². The number of nitrogens with one attached hydrogen (secondary N) is 2. The minimum atomic E-state index is -0.790. The van der Waals surface area contributed by atoms with E-state index in [2.05, 4.69) is 38.3 Å². The van der Waals surface area contributed by atoms with Gasteiger partial charge in [-0.15, -0.1) is 0 Å². The van der Waals surface area contributed by atoms with Gasteiger partial charge in [0.15, 0.2) is 0 Å². The van der Waals surface area contributed by atoms with E-state index in [0.717, 1.165) is 16.8 Å². The highest BCUT2D eigenvalue weighted by atomic mass is 19.1. The van der Waals surface area contributed by atoms with Gasteiger partial charge in [0.05, 0.1) is 5.56 Å². The van der Waals surface area contributed by atoms with Gasteiger partial charge in [0.2, 0.25) is 5.91 Å². The molecule has 0 aliphatic heterocycles. The van der Waals surface area contributed by atoms with E-state index in [4.69, 9.17) is 0 Å². The summed E-state index contributed by atoms with van der Waals surface area (Å²) < 4.78 is 14.0. The number of rotatable bonds is 7. The van der Waals surface area contributed by atoms with Crippen LogP contribution in [0.25, 0.3) is 0 Å². The Kier molecular flexibility index (Phi) is 7.54. The zero-order valence-corrected chi connectivity index (χ0v) is 18.0. The molecule has 0 radical (unpaired) electrons. The lowest BCUT2D eigenvalue weighted by Gasteiger charge is -2.25. The van der Waals surface area contributed by atoms with Crippen LogP contribution in [0.5, 0.6) is 0 Å². The van der Waals surface area contributed by atoms with E-state index in [1.54, 1.807) is 6.07 Å². The number of para-hydroxylation sites is 1. The number of anilines is 1. The molecule has 0 heterocycles. The van der Waals surface area contributed by atoms with Crippen molar-refractivity contribution in [2.75, 3.05) is 5.32 Å². The van der Waals surface area contributed by atoms with E-state index >= 15 is 0 Å². The second-order valence-electron chi connectivity index (χ2n) is 8.29. The molecular weight excluding hydrogens is 367 g/mol. The molecule has 0 aromatic heterocycles. The Labute approximate surface area is 172 Å². The summed E-state index contributed by atoms with van der Waals surface area (Å²) in [5.74, 6) is -1.22. The monoisotopic (exact) mass is 398 g/mol. The molecule has 2 aromatic rings. The first-order chi connectivity index (χ1) is 13.6. The number of carbonyl (C=O) groups excluding carboxylic acids is 2. The summed E-state index contributed by atoms with van der Waals surface area (Å²) in [4.78, 5) is 25.7. The van der Waals surface area contributed by atoms with Gasteiger partial charge in [-0.3, -0.25) is 9.59 Å². The third-order valence-corrected chi connectivity index (χ3v) is 4.98. The van der Waals surface area contributed by atoms with Gasteiger partial charge >= 0.3 is 0 Å². The summed E-state index contributed by atoms with van der Waals surface area (Å²) >= 11 is 0. The van der Waals surface area contributed by atoms with Crippen LogP contribution in [-0.4, -0.2) is 17.9 Å². The van der Waals surface area contributed by atoms with Crippen molar-refractivity contribution in [3.63, 3.8) is 0 Å². The molecule has 5 heteroatoms. The first kappa shape index (κ1) is 22.6. The number of benzene rings is 2. The first-order valence-electron chi connectivity index (χ1n) is 10.1. The molecule has 0 spiro atoms. The molecular formula is C24H31FN2O2. The Morgan fingerprint density at radius 3 is 1.86 bits per heavy atom. The fourth-order valence-corrected chi connectivity index (χ4v) is 3.30. The van der Waals surface area contributed by atoms with Crippen molar-refractivity contribution in [2.45, 2.75) is 59.4 Å². The molecule has 0 bridgehead atoms. The van der Waals surface area contributed by atoms with Crippen molar-refractivity contribution in [1.82, 2.24) is 5.32 Å². The van der Waals surface area contributed by atoms with E-state index in [1.165, 1.54) is 18.2 Å². The zero-order valence-electron chi connectivity index (χ0n) is 18.0. The normalized spacial score (nSPS) is 12.3. The molecule has 0 saturated carbocycles.